The molecule has 0 spiro atoms. The standard InChI is InChI=1S/C9H18N2O2/c1-10-5-6-11(2)9(12)8-4-3-7-13-8/h8,10H,3-7H2,1-2H3. The Morgan fingerprint density at radius 3 is 3.00 bits per heavy atom. The van der Waals surface area contributed by atoms with E-state index in [1.165, 1.54) is 0 Å². The summed E-state index contributed by atoms with van der Waals surface area (Å²) >= 11 is 0. The van der Waals surface area contributed by atoms with E-state index in [1.807, 2.05) is 14.1 Å². The van der Waals surface area contributed by atoms with Crippen molar-refractivity contribution in [1.82, 2.24) is 10.2 Å². The number of ether oxygens (including phenoxy) is 1. The van der Waals surface area contributed by atoms with Crippen LogP contribution in [-0.2, 0) is 9.53 Å². The van der Waals surface area contributed by atoms with Gasteiger partial charge in [-0.25, -0.2) is 0 Å². The molecule has 0 aromatic heterocycles. The van der Waals surface area contributed by atoms with Gasteiger partial charge in [0, 0.05) is 26.7 Å². The lowest BCUT2D eigenvalue weighted by atomic mass is 10.2. The number of hydrogen-bond donors (Lipinski definition) is 1. The maximum atomic E-state index is 11.6. The average Bonchev–Trinajstić information content (AvgIpc) is 2.65. The van der Waals surface area contributed by atoms with Gasteiger partial charge in [-0.2, -0.15) is 0 Å². The molecule has 0 aromatic carbocycles. The summed E-state index contributed by atoms with van der Waals surface area (Å²) < 4.78 is 5.30. The monoisotopic (exact) mass is 186 g/mol. The fraction of sp³-hybridized carbons (Fsp3) is 0.889. The molecular weight excluding hydrogens is 168 g/mol. The number of nitrogens with zero attached hydrogens (tertiary/aromatic N) is 1. The van der Waals surface area contributed by atoms with Gasteiger partial charge < -0.3 is 15.0 Å². The molecule has 4 heteroatoms. The van der Waals surface area contributed by atoms with Gasteiger partial charge in [0.05, 0.1) is 0 Å². The fourth-order valence-electron chi connectivity index (χ4n) is 1.41. The molecule has 13 heavy (non-hydrogen) atoms. The second-order valence-corrected chi connectivity index (χ2v) is 3.37. The number of likely N-dealkylation sites (N-methyl/N-ethyl adjacent to an activating group) is 2. The van der Waals surface area contributed by atoms with Crippen LogP contribution < -0.4 is 5.32 Å². The summed E-state index contributed by atoms with van der Waals surface area (Å²) in [6, 6.07) is 0. The van der Waals surface area contributed by atoms with Gasteiger partial charge in [-0.3, -0.25) is 4.79 Å². The Hall–Kier alpha value is -0.610. The molecule has 1 unspecified atom stereocenters. The molecule has 1 aliphatic rings. The van der Waals surface area contributed by atoms with Crippen molar-refractivity contribution < 1.29 is 9.53 Å². The molecule has 0 bridgehead atoms. The van der Waals surface area contributed by atoms with E-state index in [4.69, 9.17) is 4.74 Å². The number of rotatable bonds is 4. The topological polar surface area (TPSA) is 41.6 Å². The SMILES string of the molecule is CNCCN(C)C(=O)C1CCCO1. The third-order valence-electron chi connectivity index (χ3n) is 2.28. The van der Waals surface area contributed by atoms with E-state index >= 15 is 0 Å². The van der Waals surface area contributed by atoms with Gasteiger partial charge in [0.25, 0.3) is 5.91 Å². The van der Waals surface area contributed by atoms with Crippen LogP contribution in [0.1, 0.15) is 12.8 Å². The van der Waals surface area contributed by atoms with Crippen LogP contribution >= 0.6 is 0 Å². The molecule has 0 aromatic rings. The molecule has 0 radical (unpaired) electrons. The molecule has 1 aliphatic heterocycles. The van der Waals surface area contributed by atoms with Crippen LogP contribution in [-0.4, -0.2) is 50.7 Å². The highest BCUT2D eigenvalue weighted by Crippen LogP contribution is 2.13. The molecule has 1 rings (SSSR count). The Labute approximate surface area is 79.2 Å². The van der Waals surface area contributed by atoms with Gasteiger partial charge in [0.2, 0.25) is 0 Å². The highest BCUT2D eigenvalue weighted by Gasteiger charge is 2.25. The molecule has 76 valence electrons. The largest absolute Gasteiger partial charge is 0.368 e. The molecule has 4 nitrogen and oxygen atoms in total. The lowest BCUT2D eigenvalue weighted by molar-refractivity contribution is -0.139. The highest BCUT2D eigenvalue weighted by atomic mass is 16.5. The van der Waals surface area contributed by atoms with Gasteiger partial charge in [-0.1, -0.05) is 0 Å². The Bertz CT molecular complexity index is 167. The van der Waals surface area contributed by atoms with E-state index in [-0.39, 0.29) is 12.0 Å². The van der Waals surface area contributed by atoms with Crippen molar-refractivity contribution in [2.45, 2.75) is 18.9 Å². The minimum absolute atomic E-state index is 0.118. The zero-order valence-corrected chi connectivity index (χ0v) is 8.38. The summed E-state index contributed by atoms with van der Waals surface area (Å²) in [4.78, 5) is 13.4. The summed E-state index contributed by atoms with van der Waals surface area (Å²) in [6.45, 7) is 2.31. The quantitative estimate of drug-likeness (QED) is 0.663. The van der Waals surface area contributed by atoms with Crippen LogP contribution in [0.3, 0.4) is 0 Å². The first kappa shape index (κ1) is 10.5. The predicted octanol–water partition coefficient (Wildman–Crippen LogP) is -0.157. The van der Waals surface area contributed by atoms with E-state index in [2.05, 4.69) is 5.32 Å². The van der Waals surface area contributed by atoms with Crippen molar-refractivity contribution >= 4 is 5.91 Å². The summed E-state index contributed by atoms with van der Waals surface area (Å²) in [6.07, 6.45) is 1.71. The Morgan fingerprint density at radius 2 is 2.46 bits per heavy atom. The van der Waals surface area contributed by atoms with E-state index in [0.29, 0.717) is 0 Å². The van der Waals surface area contributed by atoms with Gasteiger partial charge in [0.1, 0.15) is 6.10 Å². The average molecular weight is 186 g/mol. The summed E-state index contributed by atoms with van der Waals surface area (Å²) in [5.74, 6) is 0.118. The third-order valence-corrected chi connectivity index (χ3v) is 2.28. The van der Waals surface area contributed by atoms with Crippen molar-refractivity contribution in [2.24, 2.45) is 0 Å². The molecule has 1 heterocycles. The third kappa shape index (κ3) is 2.97. The van der Waals surface area contributed by atoms with Gasteiger partial charge in [-0.15, -0.1) is 0 Å². The van der Waals surface area contributed by atoms with Crippen molar-refractivity contribution in [2.75, 3.05) is 33.8 Å². The smallest absolute Gasteiger partial charge is 0.251 e. The maximum Gasteiger partial charge on any atom is 0.251 e. The molecule has 1 N–H and O–H groups in total. The predicted molar refractivity (Wildman–Crippen MR) is 50.5 cm³/mol. The molecule has 0 aliphatic carbocycles. The number of amides is 1. The second-order valence-electron chi connectivity index (χ2n) is 3.37. The highest BCUT2D eigenvalue weighted by molar-refractivity contribution is 5.80. The zero-order valence-electron chi connectivity index (χ0n) is 8.38. The Kier molecular flexibility index (Phi) is 4.18. The number of hydrogen-bond acceptors (Lipinski definition) is 3. The normalized spacial score (nSPS) is 21.8. The zero-order chi connectivity index (χ0) is 9.68. The van der Waals surface area contributed by atoms with Gasteiger partial charge >= 0.3 is 0 Å². The van der Waals surface area contributed by atoms with Crippen molar-refractivity contribution in [1.29, 1.82) is 0 Å². The summed E-state index contributed by atoms with van der Waals surface area (Å²) in [7, 11) is 3.70. The first-order valence-electron chi connectivity index (χ1n) is 4.77. The number of carbonyl (C=O) groups is 1. The first-order chi connectivity index (χ1) is 6.25. The first-order valence-corrected chi connectivity index (χ1v) is 4.77. The maximum absolute atomic E-state index is 11.6. The van der Waals surface area contributed by atoms with Gasteiger partial charge in [-0.05, 0) is 19.9 Å². The van der Waals surface area contributed by atoms with Crippen LogP contribution in [0.15, 0.2) is 0 Å². The summed E-state index contributed by atoms with van der Waals surface area (Å²) in [5, 5.41) is 3.01. The molecule has 0 saturated carbocycles. The molecule has 1 saturated heterocycles. The second kappa shape index (κ2) is 5.19. The molecule has 1 atom stereocenters. The van der Waals surface area contributed by atoms with Crippen molar-refractivity contribution in [3.63, 3.8) is 0 Å². The van der Waals surface area contributed by atoms with E-state index in [9.17, 15) is 4.79 Å². The van der Waals surface area contributed by atoms with Gasteiger partial charge in [0.15, 0.2) is 0 Å². The van der Waals surface area contributed by atoms with Crippen LogP contribution in [0, 0.1) is 0 Å². The van der Waals surface area contributed by atoms with Crippen LogP contribution in [0.4, 0.5) is 0 Å². The van der Waals surface area contributed by atoms with Crippen LogP contribution in [0.2, 0.25) is 0 Å². The van der Waals surface area contributed by atoms with E-state index < -0.39 is 0 Å². The summed E-state index contributed by atoms with van der Waals surface area (Å²) in [5.41, 5.74) is 0. The fourth-order valence-corrected chi connectivity index (χ4v) is 1.41. The van der Waals surface area contributed by atoms with Crippen molar-refractivity contribution in [3.05, 3.63) is 0 Å². The minimum atomic E-state index is -0.179. The Balaban J connectivity index is 2.28. The van der Waals surface area contributed by atoms with E-state index in [0.717, 1.165) is 32.5 Å². The van der Waals surface area contributed by atoms with Crippen LogP contribution in [0.25, 0.3) is 0 Å². The van der Waals surface area contributed by atoms with Crippen LogP contribution in [0.5, 0.6) is 0 Å². The minimum Gasteiger partial charge on any atom is -0.368 e. The lowest BCUT2D eigenvalue weighted by Gasteiger charge is -2.20. The van der Waals surface area contributed by atoms with Crippen molar-refractivity contribution in [3.8, 4) is 0 Å². The lowest BCUT2D eigenvalue weighted by Crippen LogP contribution is -2.39. The van der Waals surface area contributed by atoms with E-state index in [1.54, 1.807) is 4.90 Å². The number of carbonyl (C=O) groups excluding carboxylic acids is 1. The molecule has 1 fully saturated rings. The Morgan fingerprint density at radius 1 is 1.69 bits per heavy atom. The number of nitrogens with one attached hydrogen (secondary N) is 1. The molecular formula is C9H18N2O2. The molecule has 1 amide bonds.